The third kappa shape index (κ3) is 36.0. The molecule has 116 valence electrons. The van der Waals surface area contributed by atoms with E-state index in [4.69, 9.17) is 14.9 Å². The molecule has 0 aliphatic carbocycles. The van der Waals surface area contributed by atoms with Gasteiger partial charge in [-0.1, -0.05) is 39.0 Å². The second-order valence-corrected chi connectivity index (χ2v) is 4.65. The number of phosphoric ester groups is 1. The third-order valence-electron chi connectivity index (χ3n) is 1.76. The molecule has 0 radical (unpaired) electrons. The van der Waals surface area contributed by atoms with Gasteiger partial charge >= 0.3 is 7.82 Å². The van der Waals surface area contributed by atoms with Crippen LogP contribution in [0.15, 0.2) is 0 Å². The molecule has 0 aromatic rings. The Morgan fingerprint density at radius 1 is 0.944 bits per heavy atom. The van der Waals surface area contributed by atoms with E-state index in [1.54, 1.807) is 6.92 Å². The predicted molar refractivity (Wildman–Crippen MR) is 74.2 cm³/mol. The summed E-state index contributed by atoms with van der Waals surface area (Å²) < 4.78 is 14.5. The van der Waals surface area contributed by atoms with Crippen LogP contribution in [0.5, 0.6) is 0 Å². The minimum Gasteiger partial charge on any atom is -0.397 e. The lowest BCUT2D eigenvalue weighted by molar-refractivity contribution is 0.193. The summed E-state index contributed by atoms with van der Waals surface area (Å²) in [6.45, 7) is 4.24. The van der Waals surface area contributed by atoms with Gasteiger partial charge in [0, 0.05) is 6.61 Å². The maximum atomic E-state index is 10.2. The molecule has 0 aliphatic rings. The Kier molecular flexibility index (Phi) is 28.5. The Morgan fingerprint density at radius 3 is 1.72 bits per heavy atom. The van der Waals surface area contributed by atoms with Gasteiger partial charge in [-0.15, -0.1) is 0 Å². The Morgan fingerprint density at radius 2 is 1.33 bits per heavy atom. The van der Waals surface area contributed by atoms with E-state index in [0.29, 0.717) is 0 Å². The van der Waals surface area contributed by atoms with Gasteiger partial charge in [-0.05, 0) is 13.3 Å². The molecule has 0 aromatic carbocycles. The topological polar surface area (TPSA) is 157 Å². The van der Waals surface area contributed by atoms with Crippen molar-refractivity contribution in [2.24, 2.45) is 0 Å². The number of unbranched alkanes of at least 4 members (excludes halogenated alkanes) is 5. The maximum absolute atomic E-state index is 10.2. The highest BCUT2D eigenvalue weighted by atomic mass is 31.2. The molecule has 0 rings (SSSR count). The zero-order chi connectivity index (χ0) is 12.9. The fourth-order valence-electron chi connectivity index (χ4n) is 1.07. The van der Waals surface area contributed by atoms with Gasteiger partial charge in [-0.3, -0.25) is 4.52 Å². The van der Waals surface area contributed by atoms with Gasteiger partial charge in [0.2, 0.25) is 0 Å². The lowest BCUT2D eigenvalue weighted by atomic mass is 10.1. The molecule has 18 heavy (non-hydrogen) atoms. The number of rotatable bonds is 8. The van der Waals surface area contributed by atoms with Gasteiger partial charge in [0.05, 0.1) is 6.61 Å². The summed E-state index contributed by atoms with van der Waals surface area (Å²) in [5.74, 6) is 0. The molecule has 9 N–H and O–H groups in total. The number of hydrogen-bond donors (Lipinski definition) is 5. The first kappa shape index (κ1) is 26.5. The maximum Gasteiger partial charge on any atom is 0.469 e. The predicted octanol–water partition coefficient (Wildman–Crippen LogP) is 2.78. The quantitative estimate of drug-likeness (QED) is 0.339. The van der Waals surface area contributed by atoms with Crippen LogP contribution in [0.2, 0.25) is 0 Å². The molecule has 0 heterocycles. The van der Waals surface area contributed by atoms with Crippen LogP contribution in [-0.4, -0.2) is 28.1 Å². The molecule has 0 aromatic heterocycles. The fourth-order valence-corrected chi connectivity index (χ4v) is 1.43. The van der Waals surface area contributed by atoms with E-state index >= 15 is 0 Å². The molecule has 0 saturated carbocycles. The van der Waals surface area contributed by atoms with E-state index in [-0.39, 0.29) is 25.5 Å². The van der Waals surface area contributed by atoms with Crippen molar-refractivity contribution >= 4 is 7.82 Å². The summed E-state index contributed by atoms with van der Waals surface area (Å²) >= 11 is 0. The summed E-state index contributed by atoms with van der Waals surface area (Å²) in [7, 11) is -4.23. The number of hydrogen-bond acceptors (Lipinski definition) is 5. The van der Waals surface area contributed by atoms with Crippen molar-refractivity contribution in [2.45, 2.75) is 52.4 Å². The fraction of sp³-hybridized carbons (Fsp3) is 1.00. The monoisotopic (exact) mass is 290 g/mol. The van der Waals surface area contributed by atoms with Crippen LogP contribution in [0.25, 0.3) is 0 Å². The smallest absolute Gasteiger partial charge is 0.397 e. The van der Waals surface area contributed by atoms with Crippen molar-refractivity contribution in [2.75, 3.05) is 13.2 Å². The van der Waals surface area contributed by atoms with E-state index in [2.05, 4.69) is 11.4 Å². The van der Waals surface area contributed by atoms with E-state index in [1.807, 2.05) is 0 Å². The first-order valence-corrected chi connectivity index (χ1v) is 7.31. The SMILES string of the molecule is CCCCCCCCOP(=O)(O)O.CCO.N.N. The highest BCUT2D eigenvalue weighted by molar-refractivity contribution is 7.46. The Labute approximate surface area is 110 Å². The van der Waals surface area contributed by atoms with Crippen LogP contribution >= 0.6 is 7.82 Å². The lowest BCUT2D eigenvalue weighted by Gasteiger charge is -2.04. The van der Waals surface area contributed by atoms with Gasteiger partial charge in [-0.25, -0.2) is 4.57 Å². The molecule has 0 amide bonds. The van der Waals surface area contributed by atoms with Crippen molar-refractivity contribution in [3.05, 3.63) is 0 Å². The molecule has 7 nitrogen and oxygen atoms in total. The van der Waals surface area contributed by atoms with Crippen molar-refractivity contribution in [3.63, 3.8) is 0 Å². The molecule has 0 bridgehead atoms. The van der Waals surface area contributed by atoms with E-state index in [1.165, 1.54) is 19.3 Å². The van der Waals surface area contributed by atoms with Crippen LogP contribution in [0.4, 0.5) is 0 Å². The summed E-state index contributed by atoms with van der Waals surface area (Å²) in [4.78, 5) is 16.7. The summed E-state index contributed by atoms with van der Waals surface area (Å²) in [5, 5.41) is 7.57. The van der Waals surface area contributed by atoms with Gasteiger partial charge in [0.15, 0.2) is 0 Å². The highest BCUT2D eigenvalue weighted by Crippen LogP contribution is 2.35. The van der Waals surface area contributed by atoms with Gasteiger partial charge in [0.1, 0.15) is 0 Å². The Balaban J connectivity index is -0.000000177. The first-order chi connectivity index (χ1) is 7.47. The van der Waals surface area contributed by atoms with E-state index in [9.17, 15) is 4.57 Å². The standard InChI is InChI=1S/C8H19O4P.C2H6O.2H3N/c1-2-3-4-5-6-7-8-12-13(9,10)11;1-2-3;;/h2-8H2,1H3,(H2,9,10,11);3H,2H2,1H3;2*1H3. The van der Waals surface area contributed by atoms with Gasteiger partial charge < -0.3 is 27.2 Å². The summed E-state index contributed by atoms with van der Waals surface area (Å²) in [6.07, 6.45) is 6.48. The summed E-state index contributed by atoms with van der Waals surface area (Å²) in [6, 6.07) is 0. The van der Waals surface area contributed by atoms with Crippen molar-refractivity contribution in [3.8, 4) is 0 Å². The van der Waals surface area contributed by atoms with Crippen LogP contribution in [0, 0.1) is 0 Å². The van der Waals surface area contributed by atoms with Crippen molar-refractivity contribution in [1.82, 2.24) is 12.3 Å². The molecule has 0 aliphatic heterocycles. The zero-order valence-corrected chi connectivity index (χ0v) is 12.6. The molecular weight excluding hydrogens is 259 g/mol. The molecule has 0 fully saturated rings. The largest absolute Gasteiger partial charge is 0.469 e. The molecular formula is C10H31N2O5P. The normalized spacial score (nSPS) is 9.61. The summed E-state index contributed by atoms with van der Waals surface area (Å²) in [5.41, 5.74) is 0. The molecule has 8 heteroatoms. The third-order valence-corrected chi connectivity index (χ3v) is 2.28. The van der Waals surface area contributed by atoms with Crippen LogP contribution in [0.3, 0.4) is 0 Å². The lowest BCUT2D eigenvalue weighted by Crippen LogP contribution is -1.92. The number of aliphatic hydroxyl groups is 1. The Bertz CT molecular complexity index is 178. The van der Waals surface area contributed by atoms with Crippen molar-refractivity contribution < 1.29 is 24.0 Å². The molecule has 0 atom stereocenters. The number of aliphatic hydroxyl groups excluding tert-OH is 1. The zero-order valence-electron chi connectivity index (χ0n) is 11.7. The second-order valence-electron chi connectivity index (χ2n) is 3.41. The van der Waals surface area contributed by atoms with E-state index < -0.39 is 7.82 Å². The van der Waals surface area contributed by atoms with Crippen molar-refractivity contribution in [1.29, 1.82) is 0 Å². The minimum absolute atomic E-state index is 0. The molecule has 0 unspecified atom stereocenters. The van der Waals surface area contributed by atoms with Gasteiger partial charge in [-0.2, -0.15) is 0 Å². The number of phosphoric acid groups is 1. The molecule has 0 saturated heterocycles. The average Bonchev–Trinajstić information content (AvgIpc) is 2.16. The van der Waals surface area contributed by atoms with Crippen LogP contribution < -0.4 is 12.3 Å². The second kappa shape index (κ2) is 19.3. The van der Waals surface area contributed by atoms with E-state index in [0.717, 1.165) is 19.3 Å². The van der Waals surface area contributed by atoms with Crippen LogP contribution in [0.1, 0.15) is 52.4 Å². The highest BCUT2D eigenvalue weighted by Gasteiger charge is 2.12. The minimum atomic E-state index is -4.23. The van der Waals surface area contributed by atoms with Gasteiger partial charge in [0.25, 0.3) is 0 Å². The Hall–Kier alpha value is -0.0100. The molecule has 0 spiro atoms. The first-order valence-electron chi connectivity index (χ1n) is 5.78. The average molecular weight is 290 g/mol. The van der Waals surface area contributed by atoms with Crippen LogP contribution in [-0.2, 0) is 9.09 Å².